The fraction of sp³-hybridized carbons (Fsp3) is 0.667. The van der Waals surface area contributed by atoms with Crippen molar-refractivity contribution in [3.63, 3.8) is 0 Å². The van der Waals surface area contributed by atoms with E-state index in [1.54, 1.807) is 6.92 Å². The van der Waals surface area contributed by atoms with Gasteiger partial charge in [-0.25, -0.2) is 0 Å². The molecular formula is C9H14O3. The van der Waals surface area contributed by atoms with Crippen LogP contribution in [0.4, 0.5) is 0 Å². The zero-order valence-electron chi connectivity index (χ0n) is 7.59. The summed E-state index contributed by atoms with van der Waals surface area (Å²) in [6, 6.07) is 0. The molecule has 0 heterocycles. The molecule has 0 radical (unpaired) electrons. The molecule has 1 aliphatic rings. The fourth-order valence-corrected chi connectivity index (χ4v) is 1.55. The standard InChI is InChI=1S/C9H14O3/c1-5-7(11)6(10)4-9(2,3)8(5)12/h6,10,12H,4H2,1-3H3. The first-order chi connectivity index (χ1) is 5.36. The molecule has 0 amide bonds. The molecule has 3 heteroatoms. The van der Waals surface area contributed by atoms with E-state index in [0.29, 0.717) is 12.0 Å². The van der Waals surface area contributed by atoms with Gasteiger partial charge in [0.25, 0.3) is 0 Å². The molecule has 0 saturated heterocycles. The number of hydrogen-bond donors (Lipinski definition) is 2. The Morgan fingerprint density at radius 3 is 2.50 bits per heavy atom. The van der Waals surface area contributed by atoms with Gasteiger partial charge in [0.1, 0.15) is 11.9 Å². The number of rotatable bonds is 0. The number of hydrogen-bond acceptors (Lipinski definition) is 3. The SMILES string of the molecule is CC1=C(O)C(C)(C)CC(O)C1=O. The fourth-order valence-electron chi connectivity index (χ4n) is 1.55. The molecule has 1 atom stereocenters. The van der Waals surface area contributed by atoms with E-state index in [-0.39, 0.29) is 11.5 Å². The van der Waals surface area contributed by atoms with Crippen LogP contribution in [0.1, 0.15) is 27.2 Å². The molecule has 1 unspecified atom stereocenters. The summed E-state index contributed by atoms with van der Waals surface area (Å²) in [5.41, 5.74) is -0.184. The lowest BCUT2D eigenvalue weighted by Gasteiger charge is -2.32. The summed E-state index contributed by atoms with van der Waals surface area (Å²) < 4.78 is 0. The largest absolute Gasteiger partial charge is 0.511 e. The number of aliphatic hydroxyl groups is 2. The van der Waals surface area contributed by atoms with Crippen molar-refractivity contribution < 1.29 is 15.0 Å². The number of Topliss-reactive ketones (excluding diaryl/α,β-unsaturated/α-hetero) is 1. The quantitative estimate of drug-likeness (QED) is 0.574. The highest BCUT2D eigenvalue weighted by Gasteiger charge is 2.37. The van der Waals surface area contributed by atoms with Gasteiger partial charge in [0.05, 0.1) is 0 Å². The first kappa shape index (κ1) is 9.26. The van der Waals surface area contributed by atoms with Gasteiger partial charge < -0.3 is 10.2 Å². The van der Waals surface area contributed by atoms with Crippen LogP contribution in [0, 0.1) is 5.41 Å². The number of ketones is 1. The second kappa shape index (κ2) is 2.59. The Labute approximate surface area is 71.7 Å². The maximum atomic E-state index is 11.2. The van der Waals surface area contributed by atoms with E-state index in [9.17, 15) is 15.0 Å². The van der Waals surface area contributed by atoms with Crippen molar-refractivity contribution in [3.05, 3.63) is 11.3 Å². The van der Waals surface area contributed by atoms with Crippen LogP contribution < -0.4 is 0 Å². The van der Waals surface area contributed by atoms with Gasteiger partial charge in [-0.1, -0.05) is 13.8 Å². The van der Waals surface area contributed by atoms with Gasteiger partial charge in [-0.15, -0.1) is 0 Å². The number of allylic oxidation sites excluding steroid dienone is 1. The van der Waals surface area contributed by atoms with Crippen LogP contribution in [0.25, 0.3) is 0 Å². The van der Waals surface area contributed by atoms with Crippen molar-refractivity contribution in [1.29, 1.82) is 0 Å². The highest BCUT2D eigenvalue weighted by molar-refractivity contribution is 5.99. The van der Waals surface area contributed by atoms with Crippen molar-refractivity contribution in [2.75, 3.05) is 0 Å². The van der Waals surface area contributed by atoms with E-state index >= 15 is 0 Å². The minimum atomic E-state index is -0.948. The maximum absolute atomic E-state index is 11.2. The number of carbonyl (C=O) groups is 1. The van der Waals surface area contributed by atoms with Crippen LogP contribution in [0.5, 0.6) is 0 Å². The monoisotopic (exact) mass is 170 g/mol. The predicted octanol–water partition coefficient (Wildman–Crippen LogP) is 1.18. The average molecular weight is 170 g/mol. The molecule has 0 aliphatic heterocycles. The lowest BCUT2D eigenvalue weighted by Crippen LogP contribution is -2.36. The van der Waals surface area contributed by atoms with E-state index in [2.05, 4.69) is 0 Å². The molecule has 0 aromatic carbocycles. The summed E-state index contributed by atoms with van der Waals surface area (Å²) in [4.78, 5) is 11.2. The third kappa shape index (κ3) is 1.25. The highest BCUT2D eigenvalue weighted by atomic mass is 16.3. The first-order valence-corrected chi connectivity index (χ1v) is 3.99. The predicted molar refractivity (Wildman–Crippen MR) is 44.7 cm³/mol. The van der Waals surface area contributed by atoms with Gasteiger partial charge in [-0.2, -0.15) is 0 Å². The molecular weight excluding hydrogens is 156 g/mol. The van der Waals surface area contributed by atoms with Gasteiger partial charge in [0.2, 0.25) is 0 Å². The lowest BCUT2D eigenvalue weighted by atomic mass is 9.76. The van der Waals surface area contributed by atoms with Crippen LogP contribution >= 0.6 is 0 Å². The van der Waals surface area contributed by atoms with E-state index in [1.165, 1.54) is 0 Å². The molecule has 0 fully saturated rings. The van der Waals surface area contributed by atoms with Crippen molar-refractivity contribution in [1.82, 2.24) is 0 Å². The smallest absolute Gasteiger partial charge is 0.190 e. The van der Waals surface area contributed by atoms with Gasteiger partial charge in [-0.05, 0) is 13.3 Å². The molecule has 12 heavy (non-hydrogen) atoms. The Morgan fingerprint density at radius 2 is 2.00 bits per heavy atom. The summed E-state index contributed by atoms with van der Waals surface area (Å²) in [5, 5.41) is 18.8. The molecule has 3 nitrogen and oxygen atoms in total. The van der Waals surface area contributed by atoms with Gasteiger partial charge >= 0.3 is 0 Å². The summed E-state index contributed by atoms with van der Waals surface area (Å²) in [7, 11) is 0. The molecule has 1 aliphatic carbocycles. The second-order valence-electron chi connectivity index (χ2n) is 3.94. The Kier molecular flexibility index (Phi) is 2.00. The molecule has 68 valence electrons. The third-order valence-corrected chi connectivity index (χ3v) is 2.37. The van der Waals surface area contributed by atoms with Crippen molar-refractivity contribution in [2.45, 2.75) is 33.3 Å². The molecule has 2 N–H and O–H groups in total. The zero-order valence-corrected chi connectivity index (χ0v) is 7.59. The maximum Gasteiger partial charge on any atom is 0.190 e. The summed E-state index contributed by atoms with van der Waals surface area (Å²) >= 11 is 0. The molecule has 0 spiro atoms. The van der Waals surface area contributed by atoms with Crippen LogP contribution in [-0.4, -0.2) is 22.1 Å². The van der Waals surface area contributed by atoms with Gasteiger partial charge in [-0.3, -0.25) is 4.79 Å². The van der Waals surface area contributed by atoms with E-state index in [0.717, 1.165) is 0 Å². The summed E-state index contributed by atoms with van der Waals surface area (Å²) in [6.07, 6.45) is -0.648. The number of aliphatic hydroxyl groups excluding tert-OH is 2. The van der Waals surface area contributed by atoms with E-state index in [1.807, 2.05) is 13.8 Å². The van der Waals surface area contributed by atoms with E-state index < -0.39 is 11.5 Å². The molecule has 0 aromatic rings. The first-order valence-electron chi connectivity index (χ1n) is 3.99. The van der Waals surface area contributed by atoms with Gasteiger partial charge in [0.15, 0.2) is 5.78 Å². The van der Waals surface area contributed by atoms with Crippen molar-refractivity contribution in [2.24, 2.45) is 5.41 Å². The zero-order chi connectivity index (χ0) is 9.52. The Hall–Kier alpha value is -0.830. The molecule has 0 aromatic heterocycles. The van der Waals surface area contributed by atoms with Crippen LogP contribution in [0.15, 0.2) is 11.3 Å². The Balaban J connectivity index is 3.13. The molecule has 0 saturated carbocycles. The minimum Gasteiger partial charge on any atom is -0.511 e. The topological polar surface area (TPSA) is 57.5 Å². The van der Waals surface area contributed by atoms with Crippen molar-refractivity contribution in [3.8, 4) is 0 Å². The number of carbonyl (C=O) groups excluding carboxylic acids is 1. The van der Waals surface area contributed by atoms with Crippen LogP contribution in [0.2, 0.25) is 0 Å². The minimum absolute atomic E-state index is 0.109. The molecule has 0 bridgehead atoms. The second-order valence-corrected chi connectivity index (χ2v) is 3.94. The Morgan fingerprint density at radius 1 is 1.50 bits per heavy atom. The normalized spacial score (nSPS) is 29.3. The summed E-state index contributed by atoms with van der Waals surface area (Å²) in [6.45, 7) is 5.16. The van der Waals surface area contributed by atoms with Gasteiger partial charge in [0, 0.05) is 11.0 Å². The van der Waals surface area contributed by atoms with E-state index in [4.69, 9.17) is 0 Å². The highest BCUT2D eigenvalue weighted by Crippen LogP contribution is 2.36. The average Bonchev–Trinajstić information content (AvgIpc) is 1.97. The van der Waals surface area contributed by atoms with Crippen LogP contribution in [-0.2, 0) is 4.79 Å². The van der Waals surface area contributed by atoms with Crippen LogP contribution in [0.3, 0.4) is 0 Å². The summed E-state index contributed by atoms with van der Waals surface area (Å²) in [5.74, 6) is -0.246. The Bertz CT molecular complexity index is 250. The van der Waals surface area contributed by atoms with Crippen molar-refractivity contribution >= 4 is 5.78 Å². The molecule has 1 rings (SSSR count). The lowest BCUT2D eigenvalue weighted by molar-refractivity contribution is -0.126. The third-order valence-electron chi connectivity index (χ3n) is 2.37.